The molecule has 0 unspecified atom stereocenters. The number of ether oxygens (including phenoxy) is 2. The highest BCUT2D eigenvalue weighted by atomic mass is 16.5. The summed E-state index contributed by atoms with van der Waals surface area (Å²) in [5.41, 5.74) is 4.95. The number of nitrogens with zero attached hydrogens (tertiary/aromatic N) is 1. The van der Waals surface area contributed by atoms with Crippen molar-refractivity contribution in [1.29, 1.82) is 0 Å². The van der Waals surface area contributed by atoms with Gasteiger partial charge in [-0.3, -0.25) is 10.1 Å². The van der Waals surface area contributed by atoms with Gasteiger partial charge in [-0.25, -0.2) is 9.59 Å². The maximum Gasteiger partial charge on any atom is 0.412 e. The fourth-order valence-electron chi connectivity index (χ4n) is 3.91. The Morgan fingerprint density at radius 2 is 1.77 bits per heavy atom. The van der Waals surface area contributed by atoms with E-state index in [0.29, 0.717) is 36.3 Å². The van der Waals surface area contributed by atoms with Crippen LogP contribution in [0.5, 0.6) is 0 Å². The van der Waals surface area contributed by atoms with Crippen LogP contribution < -0.4 is 10.2 Å². The number of hydrogen-bond acceptors (Lipinski definition) is 5. The molecule has 2 amide bonds. The SMILES string of the molecule is C=Cc1ccc(N2CCC2=O)c(NC(=O)OCc2ccccc2)c1Cc1ccc(C(=O)OC)cc1. The third-order valence-electron chi connectivity index (χ3n) is 5.88. The van der Waals surface area contributed by atoms with Crippen LogP contribution in [-0.2, 0) is 27.3 Å². The molecule has 0 aliphatic carbocycles. The van der Waals surface area contributed by atoms with Crippen LogP contribution in [0.1, 0.15) is 39.0 Å². The highest BCUT2D eigenvalue weighted by Gasteiger charge is 2.29. The predicted molar refractivity (Wildman–Crippen MR) is 134 cm³/mol. The van der Waals surface area contributed by atoms with Crippen LogP contribution in [0.2, 0.25) is 0 Å². The third-order valence-corrected chi connectivity index (χ3v) is 5.88. The summed E-state index contributed by atoms with van der Waals surface area (Å²) in [5.74, 6) is -0.421. The lowest BCUT2D eigenvalue weighted by atomic mass is 9.95. The van der Waals surface area contributed by atoms with Crippen LogP contribution in [0.3, 0.4) is 0 Å². The third kappa shape index (κ3) is 5.41. The minimum absolute atomic E-state index is 0.00885. The van der Waals surface area contributed by atoms with Gasteiger partial charge in [-0.15, -0.1) is 0 Å². The Morgan fingerprint density at radius 3 is 2.37 bits per heavy atom. The van der Waals surface area contributed by atoms with Gasteiger partial charge in [0.1, 0.15) is 6.61 Å². The molecule has 7 nitrogen and oxygen atoms in total. The van der Waals surface area contributed by atoms with Gasteiger partial charge in [-0.2, -0.15) is 0 Å². The van der Waals surface area contributed by atoms with E-state index < -0.39 is 12.1 Å². The van der Waals surface area contributed by atoms with E-state index in [4.69, 9.17) is 9.47 Å². The molecule has 3 aromatic rings. The number of nitrogens with one attached hydrogen (secondary N) is 1. The highest BCUT2D eigenvalue weighted by molar-refractivity contribution is 6.05. The van der Waals surface area contributed by atoms with E-state index >= 15 is 0 Å². The van der Waals surface area contributed by atoms with Gasteiger partial charge in [0.05, 0.1) is 24.0 Å². The van der Waals surface area contributed by atoms with Crippen molar-refractivity contribution in [3.05, 3.63) is 101 Å². The summed E-state index contributed by atoms with van der Waals surface area (Å²) >= 11 is 0. The Balaban J connectivity index is 1.65. The molecule has 0 radical (unpaired) electrons. The van der Waals surface area contributed by atoms with Crippen molar-refractivity contribution in [2.45, 2.75) is 19.4 Å². The van der Waals surface area contributed by atoms with Crippen LogP contribution >= 0.6 is 0 Å². The Morgan fingerprint density at radius 1 is 1.03 bits per heavy atom. The van der Waals surface area contributed by atoms with E-state index in [-0.39, 0.29) is 12.5 Å². The summed E-state index contributed by atoms with van der Waals surface area (Å²) < 4.78 is 10.2. The van der Waals surface area contributed by atoms with Crippen molar-refractivity contribution in [2.24, 2.45) is 0 Å². The monoisotopic (exact) mass is 470 g/mol. The zero-order valence-corrected chi connectivity index (χ0v) is 19.5. The van der Waals surface area contributed by atoms with Crippen LogP contribution in [-0.4, -0.2) is 31.6 Å². The maximum absolute atomic E-state index is 12.8. The van der Waals surface area contributed by atoms with Gasteiger partial charge in [0.15, 0.2) is 0 Å². The summed E-state index contributed by atoms with van der Waals surface area (Å²) in [5, 5.41) is 2.88. The first-order valence-corrected chi connectivity index (χ1v) is 11.2. The molecular weight excluding hydrogens is 444 g/mol. The van der Waals surface area contributed by atoms with Crippen LogP contribution in [0.4, 0.5) is 16.2 Å². The number of β-lactam (4-membered cyclic amide) rings is 1. The van der Waals surface area contributed by atoms with Gasteiger partial charge in [-0.05, 0) is 40.5 Å². The number of anilines is 2. The Hall–Kier alpha value is -4.39. The molecule has 1 fully saturated rings. The smallest absolute Gasteiger partial charge is 0.412 e. The van der Waals surface area contributed by atoms with E-state index in [1.54, 1.807) is 23.1 Å². The molecule has 1 heterocycles. The van der Waals surface area contributed by atoms with Crippen LogP contribution in [0, 0.1) is 0 Å². The summed E-state index contributed by atoms with van der Waals surface area (Å²) in [7, 11) is 1.34. The maximum atomic E-state index is 12.8. The summed E-state index contributed by atoms with van der Waals surface area (Å²) in [6.45, 7) is 4.61. The Labute approximate surface area is 204 Å². The van der Waals surface area contributed by atoms with E-state index in [2.05, 4.69) is 11.9 Å². The Bertz CT molecular complexity index is 1250. The van der Waals surface area contributed by atoms with Gasteiger partial charge in [0.2, 0.25) is 5.91 Å². The molecule has 35 heavy (non-hydrogen) atoms. The fourth-order valence-corrected chi connectivity index (χ4v) is 3.91. The van der Waals surface area contributed by atoms with Crippen molar-refractivity contribution in [3.8, 4) is 0 Å². The molecule has 0 saturated carbocycles. The molecular formula is C28H26N2O5. The standard InChI is InChI=1S/C28H26N2O5/c1-3-21-13-14-24(30-16-15-25(30)31)26(29-28(33)35-18-20-7-5-4-6-8-20)23(21)17-19-9-11-22(12-10-19)27(32)34-2/h3-14H,1,15-18H2,2H3,(H,29,33). The highest BCUT2D eigenvalue weighted by Crippen LogP contribution is 2.37. The van der Waals surface area contributed by atoms with Gasteiger partial charge in [0, 0.05) is 19.4 Å². The molecule has 1 aliphatic heterocycles. The number of rotatable bonds is 8. The fraction of sp³-hybridized carbons (Fsp3) is 0.179. The first kappa shape index (κ1) is 23.8. The number of hydrogen-bond donors (Lipinski definition) is 1. The number of carbonyl (C=O) groups excluding carboxylic acids is 3. The second-order valence-corrected chi connectivity index (χ2v) is 8.08. The first-order chi connectivity index (χ1) is 17.0. The lowest BCUT2D eigenvalue weighted by Gasteiger charge is -2.33. The van der Waals surface area contributed by atoms with Crippen molar-refractivity contribution in [1.82, 2.24) is 0 Å². The summed E-state index contributed by atoms with van der Waals surface area (Å²) in [6, 6.07) is 20.1. The van der Waals surface area contributed by atoms with Crippen molar-refractivity contribution in [3.63, 3.8) is 0 Å². The summed E-state index contributed by atoms with van der Waals surface area (Å²) in [4.78, 5) is 38.5. The van der Waals surface area contributed by atoms with Crippen molar-refractivity contribution >= 4 is 35.4 Å². The van der Waals surface area contributed by atoms with Crippen LogP contribution in [0.25, 0.3) is 6.08 Å². The van der Waals surface area contributed by atoms with E-state index in [0.717, 1.165) is 22.3 Å². The second-order valence-electron chi connectivity index (χ2n) is 8.08. The molecule has 1 aliphatic rings. The summed E-state index contributed by atoms with van der Waals surface area (Å²) in [6.07, 6.45) is 1.99. The average Bonchev–Trinajstić information content (AvgIpc) is 2.89. The van der Waals surface area contributed by atoms with Crippen LogP contribution in [0.15, 0.2) is 73.3 Å². The van der Waals surface area contributed by atoms with Gasteiger partial charge < -0.3 is 14.4 Å². The molecule has 178 valence electrons. The average molecular weight is 471 g/mol. The van der Waals surface area contributed by atoms with Gasteiger partial charge in [-0.1, -0.05) is 61.2 Å². The lowest BCUT2D eigenvalue weighted by molar-refractivity contribution is -0.122. The van der Waals surface area contributed by atoms with E-state index in [9.17, 15) is 14.4 Å². The zero-order chi connectivity index (χ0) is 24.8. The molecule has 7 heteroatoms. The largest absolute Gasteiger partial charge is 0.465 e. The van der Waals surface area contributed by atoms with E-state index in [1.165, 1.54) is 7.11 Å². The lowest BCUT2D eigenvalue weighted by Crippen LogP contribution is -2.44. The quantitative estimate of drug-likeness (QED) is 0.362. The molecule has 0 atom stereocenters. The number of carbonyl (C=O) groups is 3. The molecule has 0 aromatic heterocycles. The molecule has 0 spiro atoms. The normalized spacial score (nSPS) is 12.5. The topological polar surface area (TPSA) is 84.9 Å². The molecule has 0 bridgehead atoms. The minimum atomic E-state index is -0.619. The first-order valence-electron chi connectivity index (χ1n) is 11.2. The van der Waals surface area contributed by atoms with E-state index in [1.807, 2.05) is 54.6 Å². The molecule has 3 aromatic carbocycles. The zero-order valence-electron chi connectivity index (χ0n) is 19.5. The molecule has 1 N–H and O–H groups in total. The van der Waals surface area contributed by atoms with Gasteiger partial charge in [0.25, 0.3) is 0 Å². The minimum Gasteiger partial charge on any atom is -0.465 e. The predicted octanol–water partition coefficient (Wildman–Crippen LogP) is 5.19. The molecule has 4 rings (SSSR count). The number of methoxy groups -OCH3 is 1. The number of amides is 2. The number of benzene rings is 3. The van der Waals surface area contributed by atoms with Gasteiger partial charge >= 0.3 is 12.1 Å². The van der Waals surface area contributed by atoms with Crippen molar-refractivity contribution in [2.75, 3.05) is 23.9 Å². The molecule has 1 saturated heterocycles. The second kappa shape index (κ2) is 10.7. The number of esters is 1. The van der Waals surface area contributed by atoms with Crippen molar-refractivity contribution < 1.29 is 23.9 Å². The Kier molecular flexibility index (Phi) is 7.26.